The van der Waals surface area contributed by atoms with E-state index in [0.717, 1.165) is 44.9 Å². The molecule has 148 valence electrons. The number of fused-ring (bicyclic) bond motifs is 1. The van der Waals surface area contributed by atoms with Crippen LogP contribution in [0.3, 0.4) is 0 Å². The van der Waals surface area contributed by atoms with Gasteiger partial charge in [0.15, 0.2) is 0 Å². The van der Waals surface area contributed by atoms with Crippen molar-refractivity contribution in [1.29, 1.82) is 0 Å². The van der Waals surface area contributed by atoms with Gasteiger partial charge < -0.3 is 15.0 Å². The first-order chi connectivity index (χ1) is 14.1. The van der Waals surface area contributed by atoms with Crippen LogP contribution in [0.2, 0.25) is 5.02 Å². The summed E-state index contributed by atoms with van der Waals surface area (Å²) < 4.78 is 5.30. The number of nitrogens with zero attached hydrogens (tertiary/aromatic N) is 1. The average Bonchev–Trinajstić information content (AvgIpc) is 3.35. The molecule has 0 unspecified atom stereocenters. The van der Waals surface area contributed by atoms with Crippen molar-refractivity contribution in [2.45, 2.75) is 12.8 Å². The van der Waals surface area contributed by atoms with E-state index in [-0.39, 0.29) is 12.3 Å². The van der Waals surface area contributed by atoms with E-state index in [9.17, 15) is 4.79 Å². The number of amides is 1. The fourth-order valence-corrected chi connectivity index (χ4v) is 4.12. The molecule has 1 amide bonds. The number of thiazole rings is 1. The number of methoxy groups -OCH3 is 1. The molecule has 2 aromatic carbocycles. The van der Waals surface area contributed by atoms with E-state index in [4.69, 9.17) is 16.3 Å². The predicted molar refractivity (Wildman–Crippen MR) is 118 cm³/mol. The number of hydrogen-bond donors (Lipinski definition) is 2. The number of ether oxygens (including phenoxy) is 1. The molecule has 0 saturated carbocycles. The summed E-state index contributed by atoms with van der Waals surface area (Å²) in [5.41, 5.74) is 3.98. The van der Waals surface area contributed by atoms with E-state index >= 15 is 0 Å². The van der Waals surface area contributed by atoms with Crippen molar-refractivity contribution in [3.63, 3.8) is 0 Å². The minimum atomic E-state index is -0.0321. The van der Waals surface area contributed by atoms with Crippen LogP contribution < -0.4 is 10.1 Å². The van der Waals surface area contributed by atoms with Gasteiger partial charge in [-0.25, -0.2) is 4.98 Å². The summed E-state index contributed by atoms with van der Waals surface area (Å²) in [5, 5.41) is 7.60. The lowest BCUT2D eigenvalue weighted by Gasteiger charge is -2.04. The number of H-pyrrole nitrogens is 1. The normalized spacial score (nSPS) is 11.0. The fraction of sp³-hybridized carbons (Fsp3) is 0.182. The molecule has 0 bridgehead atoms. The lowest BCUT2D eigenvalue weighted by molar-refractivity contribution is -0.120. The van der Waals surface area contributed by atoms with Gasteiger partial charge in [0.25, 0.3) is 0 Å². The lowest BCUT2D eigenvalue weighted by Crippen LogP contribution is -2.27. The van der Waals surface area contributed by atoms with Crippen molar-refractivity contribution in [3.8, 4) is 16.3 Å². The van der Waals surface area contributed by atoms with Gasteiger partial charge in [0.05, 0.1) is 19.2 Å². The van der Waals surface area contributed by atoms with E-state index < -0.39 is 0 Å². The topological polar surface area (TPSA) is 67.0 Å². The minimum Gasteiger partial charge on any atom is -0.497 e. The smallest absolute Gasteiger partial charge is 0.226 e. The van der Waals surface area contributed by atoms with Gasteiger partial charge in [-0.3, -0.25) is 4.79 Å². The van der Waals surface area contributed by atoms with Gasteiger partial charge in [0.2, 0.25) is 5.91 Å². The Bertz CT molecular complexity index is 1130. The largest absolute Gasteiger partial charge is 0.497 e. The van der Waals surface area contributed by atoms with Crippen LogP contribution in [-0.2, 0) is 17.6 Å². The molecule has 29 heavy (non-hydrogen) atoms. The Morgan fingerprint density at radius 2 is 2.07 bits per heavy atom. The number of nitrogens with one attached hydrogen (secondary N) is 2. The van der Waals surface area contributed by atoms with E-state index in [1.165, 1.54) is 11.3 Å². The Morgan fingerprint density at radius 3 is 2.86 bits per heavy atom. The van der Waals surface area contributed by atoms with Crippen LogP contribution in [0, 0.1) is 0 Å². The van der Waals surface area contributed by atoms with Gasteiger partial charge in [0.1, 0.15) is 10.8 Å². The second-order valence-corrected chi connectivity index (χ2v) is 7.95. The van der Waals surface area contributed by atoms with E-state index in [1.54, 1.807) is 7.11 Å². The summed E-state index contributed by atoms with van der Waals surface area (Å²) in [4.78, 5) is 20.1. The molecule has 0 atom stereocenters. The van der Waals surface area contributed by atoms with Crippen molar-refractivity contribution in [3.05, 3.63) is 70.3 Å². The molecular weight excluding hydrogens is 406 g/mol. The fourth-order valence-electron chi connectivity index (χ4n) is 3.17. The highest BCUT2D eigenvalue weighted by atomic mass is 35.5. The minimum absolute atomic E-state index is 0.0321. The van der Waals surface area contributed by atoms with E-state index in [2.05, 4.69) is 15.3 Å². The predicted octanol–water partition coefficient (Wildman–Crippen LogP) is 4.85. The van der Waals surface area contributed by atoms with Gasteiger partial charge in [-0.05, 0) is 42.3 Å². The summed E-state index contributed by atoms with van der Waals surface area (Å²) in [6.07, 6.45) is 2.99. The van der Waals surface area contributed by atoms with Crippen LogP contribution in [0.15, 0.2) is 54.0 Å². The van der Waals surface area contributed by atoms with Gasteiger partial charge in [-0.15, -0.1) is 11.3 Å². The standard InChI is InChI=1S/C22H20ClN3O2S/c1-28-18-6-7-20-19(11-18)15(12-25-20)8-9-24-21(27)10-17-13-29-22(26-17)14-2-4-16(23)5-3-14/h2-7,11-13,25H,8-10H2,1H3,(H,24,27). The summed E-state index contributed by atoms with van der Waals surface area (Å²) in [6, 6.07) is 13.5. The molecule has 2 aromatic heterocycles. The quantitative estimate of drug-likeness (QED) is 0.444. The number of halogens is 1. The Kier molecular flexibility index (Phi) is 5.83. The molecule has 0 aliphatic rings. The molecule has 7 heteroatoms. The third-order valence-electron chi connectivity index (χ3n) is 4.68. The second-order valence-electron chi connectivity index (χ2n) is 6.65. The molecule has 2 N–H and O–H groups in total. The molecule has 4 aromatic rings. The second kappa shape index (κ2) is 8.68. The van der Waals surface area contributed by atoms with Crippen molar-refractivity contribution < 1.29 is 9.53 Å². The first-order valence-electron chi connectivity index (χ1n) is 9.23. The molecule has 2 heterocycles. The molecule has 0 aliphatic heterocycles. The SMILES string of the molecule is COc1ccc2[nH]cc(CCNC(=O)Cc3csc(-c4ccc(Cl)cc4)n3)c2c1. The Balaban J connectivity index is 1.32. The lowest BCUT2D eigenvalue weighted by atomic mass is 10.1. The number of benzene rings is 2. The van der Waals surface area contributed by atoms with Gasteiger partial charge in [-0.1, -0.05) is 23.7 Å². The molecule has 0 aliphatic carbocycles. The van der Waals surface area contributed by atoms with Crippen LogP contribution in [0.25, 0.3) is 21.5 Å². The molecule has 5 nitrogen and oxygen atoms in total. The summed E-state index contributed by atoms with van der Waals surface area (Å²) in [7, 11) is 1.66. The van der Waals surface area contributed by atoms with Gasteiger partial charge in [0, 0.05) is 39.6 Å². The Morgan fingerprint density at radius 1 is 1.24 bits per heavy atom. The third kappa shape index (κ3) is 4.60. The van der Waals surface area contributed by atoms with Crippen LogP contribution >= 0.6 is 22.9 Å². The molecule has 0 radical (unpaired) electrons. The molecule has 0 spiro atoms. The van der Waals surface area contributed by atoms with Crippen molar-refractivity contribution >= 4 is 39.7 Å². The zero-order valence-corrected chi connectivity index (χ0v) is 17.4. The Hall–Kier alpha value is -2.83. The molecule has 4 rings (SSSR count). The summed E-state index contributed by atoms with van der Waals surface area (Å²) in [5.74, 6) is 0.790. The first kappa shape index (κ1) is 19.5. The van der Waals surface area contributed by atoms with Crippen LogP contribution in [0.4, 0.5) is 0 Å². The van der Waals surface area contributed by atoms with E-state index in [1.807, 2.05) is 54.0 Å². The van der Waals surface area contributed by atoms with E-state index in [0.29, 0.717) is 11.6 Å². The van der Waals surface area contributed by atoms with Gasteiger partial charge >= 0.3 is 0 Å². The summed E-state index contributed by atoms with van der Waals surface area (Å²) >= 11 is 7.45. The van der Waals surface area contributed by atoms with Crippen molar-refractivity contribution in [1.82, 2.24) is 15.3 Å². The number of carbonyl (C=O) groups is 1. The third-order valence-corrected chi connectivity index (χ3v) is 5.87. The highest BCUT2D eigenvalue weighted by Gasteiger charge is 2.10. The monoisotopic (exact) mass is 425 g/mol. The number of aromatic amines is 1. The molecule has 0 fully saturated rings. The molecular formula is C22H20ClN3O2S. The number of hydrogen-bond acceptors (Lipinski definition) is 4. The highest BCUT2D eigenvalue weighted by Crippen LogP contribution is 2.26. The van der Waals surface area contributed by atoms with Crippen LogP contribution in [-0.4, -0.2) is 29.5 Å². The summed E-state index contributed by atoms with van der Waals surface area (Å²) in [6.45, 7) is 0.567. The highest BCUT2D eigenvalue weighted by molar-refractivity contribution is 7.13. The zero-order chi connectivity index (χ0) is 20.2. The number of carbonyl (C=O) groups excluding carboxylic acids is 1. The number of aromatic nitrogens is 2. The van der Waals surface area contributed by atoms with Crippen LogP contribution in [0.1, 0.15) is 11.3 Å². The van der Waals surface area contributed by atoms with Crippen molar-refractivity contribution in [2.75, 3.05) is 13.7 Å². The maximum atomic E-state index is 12.3. The van der Waals surface area contributed by atoms with Gasteiger partial charge in [-0.2, -0.15) is 0 Å². The average molecular weight is 426 g/mol. The molecule has 0 saturated heterocycles. The Labute approximate surface area is 177 Å². The maximum Gasteiger partial charge on any atom is 0.226 e. The number of rotatable bonds is 7. The maximum absolute atomic E-state index is 12.3. The van der Waals surface area contributed by atoms with Crippen LogP contribution in [0.5, 0.6) is 5.75 Å². The van der Waals surface area contributed by atoms with Crippen molar-refractivity contribution in [2.24, 2.45) is 0 Å². The first-order valence-corrected chi connectivity index (χ1v) is 10.5. The zero-order valence-electron chi connectivity index (χ0n) is 15.9.